The van der Waals surface area contributed by atoms with Crippen molar-refractivity contribution in [1.82, 2.24) is 20.9 Å². The number of likely N-dealkylation sites (N-methyl/N-ethyl adjacent to an activating group) is 1. The number of nitrogens with zero attached hydrogens (tertiary/aromatic N) is 1. The molecule has 474 valence electrons. The van der Waals surface area contributed by atoms with Crippen molar-refractivity contribution in [2.75, 3.05) is 47.9 Å². The number of carbonyl (C=O) groups is 4. The molecule has 2 unspecified atom stereocenters. The summed E-state index contributed by atoms with van der Waals surface area (Å²) in [5.41, 5.74) is -9.52. The molecule has 4 aliphatic carbocycles. The van der Waals surface area contributed by atoms with E-state index in [0.717, 1.165) is 0 Å². The van der Waals surface area contributed by atoms with Crippen LogP contribution in [0.3, 0.4) is 0 Å². The van der Waals surface area contributed by atoms with E-state index in [4.69, 9.17) is 33.2 Å². The number of hydrogen-bond acceptors (Lipinski definition) is 18. The van der Waals surface area contributed by atoms with Gasteiger partial charge in [0.15, 0.2) is 24.0 Å². The van der Waals surface area contributed by atoms with Gasteiger partial charge >= 0.3 is 5.97 Å². The fourth-order valence-electron chi connectivity index (χ4n) is 16.5. The zero-order valence-corrected chi connectivity index (χ0v) is 52.5. The minimum absolute atomic E-state index is 0.0393. The Morgan fingerprint density at radius 3 is 2.19 bits per heavy atom. The van der Waals surface area contributed by atoms with Gasteiger partial charge < -0.3 is 79.5 Å². The van der Waals surface area contributed by atoms with Crippen molar-refractivity contribution in [3.63, 3.8) is 0 Å². The summed E-state index contributed by atoms with van der Waals surface area (Å²) >= 11 is 0. The molecule has 20 nitrogen and oxygen atoms in total. The first-order chi connectivity index (χ1) is 38.5. The highest BCUT2D eigenvalue weighted by molar-refractivity contribution is 5.93. The van der Waals surface area contributed by atoms with Crippen LogP contribution in [0.15, 0.2) is 23.8 Å². The van der Waals surface area contributed by atoms with Gasteiger partial charge in [0.2, 0.25) is 11.8 Å². The number of nitrogens with one attached hydrogen (secondary N) is 3. The fourth-order valence-corrected chi connectivity index (χ4v) is 16.5. The number of esters is 1. The molecule has 26 atom stereocenters. The van der Waals surface area contributed by atoms with Crippen LogP contribution in [0.1, 0.15) is 141 Å². The van der Waals surface area contributed by atoms with E-state index in [9.17, 15) is 44.7 Å². The molecule has 0 radical (unpaired) electrons. The number of allylic oxidation sites excluding steroid dienone is 4. The van der Waals surface area contributed by atoms with Gasteiger partial charge in [-0.2, -0.15) is 0 Å². The molecule has 3 heterocycles. The number of amides is 2. The molecule has 0 aromatic heterocycles. The Kier molecular flexibility index (Phi) is 20.5. The molecule has 83 heavy (non-hydrogen) atoms. The quantitative estimate of drug-likeness (QED) is 0.0692. The molecule has 0 spiro atoms. The van der Waals surface area contributed by atoms with Gasteiger partial charge in [0.1, 0.15) is 35.1 Å². The molecular formula is C62H103FN4O16. The Morgan fingerprint density at radius 1 is 0.892 bits per heavy atom. The van der Waals surface area contributed by atoms with Gasteiger partial charge in [0.05, 0.1) is 48.1 Å². The molecule has 8 N–H and O–H groups in total. The molecule has 2 saturated carbocycles. The largest absolute Gasteiger partial charge is 0.459 e. The summed E-state index contributed by atoms with van der Waals surface area (Å²) in [6.07, 6.45) is -4.26. The Hall–Kier alpha value is -3.03. The van der Waals surface area contributed by atoms with Gasteiger partial charge in [-0.15, -0.1) is 0 Å². The summed E-state index contributed by atoms with van der Waals surface area (Å²) in [5, 5.41) is 69.1. The second kappa shape index (κ2) is 25.2. The Labute approximate surface area is 492 Å². The Morgan fingerprint density at radius 2 is 1.57 bits per heavy atom. The number of aliphatic hydroxyl groups is 5. The maximum absolute atomic E-state index is 17.8. The van der Waals surface area contributed by atoms with E-state index in [2.05, 4.69) is 16.0 Å². The van der Waals surface area contributed by atoms with Crippen molar-refractivity contribution in [1.29, 1.82) is 0 Å². The number of rotatable bonds is 14. The number of cyclic esters (lactones) is 1. The van der Waals surface area contributed by atoms with E-state index in [1.165, 1.54) is 27.2 Å². The molecule has 7 aliphatic rings. The van der Waals surface area contributed by atoms with Crippen molar-refractivity contribution >= 4 is 23.6 Å². The molecule has 0 bridgehead atoms. The number of alkyl halides is 1. The molecular weight excluding hydrogens is 1080 g/mol. The van der Waals surface area contributed by atoms with Crippen LogP contribution in [0.25, 0.3) is 0 Å². The number of hydrogen-bond donors (Lipinski definition) is 8. The van der Waals surface area contributed by atoms with Crippen LogP contribution in [0.5, 0.6) is 0 Å². The number of ether oxygens (including phenoxy) is 7. The molecule has 3 saturated heterocycles. The smallest absolute Gasteiger partial charge is 0.311 e. The predicted molar refractivity (Wildman–Crippen MR) is 306 cm³/mol. The van der Waals surface area contributed by atoms with E-state index in [1.807, 2.05) is 52.8 Å². The van der Waals surface area contributed by atoms with Crippen molar-refractivity contribution in [3.8, 4) is 0 Å². The van der Waals surface area contributed by atoms with Crippen LogP contribution in [-0.2, 0) is 52.3 Å². The molecule has 0 aromatic rings. The number of carbonyl (C=O) groups excluding carboxylic acids is 4. The number of methoxy groups -OCH3 is 2. The first kappa shape index (κ1) is 67.5. The van der Waals surface area contributed by atoms with Crippen LogP contribution in [-0.4, -0.2) is 204 Å². The lowest BCUT2D eigenvalue weighted by atomic mass is 9.46. The summed E-state index contributed by atoms with van der Waals surface area (Å²) in [4.78, 5) is 57.3. The molecule has 0 aromatic carbocycles. The first-order valence-electron chi connectivity index (χ1n) is 30.5. The monoisotopic (exact) mass is 1180 g/mol. The average Bonchev–Trinajstić information content (AvgIpc) is 1.75. The van der Waals surface area contributed by atoms with Gasteiger partial charge in [-0.3, -0.25) is 19.2 Å². The van der Waals surface area contributed by atoms with Crippen LogP contribution in [0.2, 0.25) is 0 Å². The second-order valence-electron chi connectivity index (χ2n) is 27.6. The van der Waals surface area contributed by atoms with Crippen molar-refractivity contribution in [3.05, 3.63) is 23.8 Å². The number of halogens is 1. The molecule has 7 rings (SSSR count). The van der Waals surface area contributed by atoms with Crippen molar-refractivity contribution in [2.45, 2.75) is 243 Å². The summed E-state index contributed by atoms with van der Waals surface area (Å²) < 4.78 is 63.4. The predicted octanol–water partition coefficient (Wildman–Crippen LogP) is 4.05. The van der Waals surface area contributed by atoms with Gasteiger partial charge in [0, 0.05) is 81.8 Å². The van der Waals surface area contributed by atoms with Crippen molar-refractivity contribution in [2.24, 2.45) is 52.3 Å². The maximum atomic E-state index is 17.8. The van der Waals surface area contributed by atoms with E-state index in [-0.39, 0.29) is 87.4 Å². The number of aliphatic hydroxyl groups excluding tert-OH is 3. The molecule has 3 aliphatic heterocycles. The lowest BCUT2D eigenvalue weighted by molar-refractivity contribution is -0.336. The highest BCUT2D eigenvalue weighted by atomic mass is 19.1. The number of fused-ring (bicyclic) bond motifs is 5. The third kappa shape index (κ3) is 12.2. The number of ketones is 1. The topological polar surface area (TPSA) is 273 Å². The van der Waals surface area contributed by atoms with E-state index in [1.54, 1.807) is 61.5 Å². The zero-order valence-electron chi connectivity index (χ0n) is 52.5. The lowest BCUT2D eigenvalue weighted by Crippen LogP contribution is -2.70. The minimum atomic E-state index is -2.02. The molecule has 2 amide bonds. The third-order valence-electron chi connectivity index (χ3n) is 21.8. The summed E-state index contributed by atoms with van der Waals surface area (Å²) in [7, 11) is 6.69. The van der Waals surface area contributed by atoms with Gasteiger partial charge in [-0.25, -0.2) is 4.39 Å². The second-order valence-corrected chi connectivity index (χ2v) is 27.6. The van der Waals surface area contributed by atoms with Crippen molar-refractivity contribution < 1.29 is 82.3 Å². The Bertz CT molecular complexity index is 2400. The maximum Gasteiger partial charge on any atom is 0.311 e. The normalized spacial score (nSPS) is 49.1. The van der Waals surface area contributed by atoms with Gasteiger partial charge in [-0.05, 0) is 131 Å². The SMILES string of the molecule is CC[C@H]1OC(=O)[C@H](C)[C@@H](O[C@H]2C[C@@](C)(OC)[C@](O)(CNCCNC(=O)[C@H]3[C@H](C)CC4C5CC=C6CC(=O)C=C[C@]6(C)[C@@]5(F)[C@@H](O)C[C@@]43C)[C@H](C)O2)[C@H](C)[C@@H](O[C@@H]2O[C@H](C)C[C@H](N(C)C)[C@H]2O)[C@](C)(OC)C[C@@H](C)C(=O)N[C@H](C)[C@@H](O)[C@]1(C)O. The van der Waals surface area contributed by atoms with Gasteiger partial charge in [0.25, 0.3) is 0 Å². The average molecular weight is 1180 g/mol. The first-order valence-corrected chi connectivity index (χ1v) is 30.5. The highest BCUT2D eigenvalue weighted by Gasteiger charge is 2.71. The zero-order chi connectivity index (χ0) is 61.9. The fraction of sp³-hybridized carbons (Fsp3) is 0.871. The van der Waals surface area contributed by atoms with E-state index >= 15 is 4.39 Å². The highest BCUT2D eigenvalue weighted by Crippen LogP contribution is 2.69. The van der Waals surface area contributed by atoms with Crippen LogP contribution in [0.4, 0.5) is 4.39 Å². The third-order valence-corrected chi connectivity index (χ3v) is 21.8. The summed E-state index contributed by atoms with van der Waals surface area (Å²) in [6.45, 7) is 23.1. The van der Waals surface area contributed by atoms with E-state index in [0.29, 0.717) is 24.8 Å². The standard InChI is InChI=1S/C62H103FN4O16/c1-18-45-60(13,75)50(71)37(7)66-52(72)33(3)28-58(11,77-16)51(83-55-48(70)43(67(14)15)26-34(4)79-55)35(5)49(36(6)54(74)81-45)82-46-30-59(12,78-17)61(76,38(8)80-46)31-64-23-24-65-53(73)47-32(2)25-42-41-20-19-39-27-40(68)21-22-57(39,10)62(41,63)44(69)29-56(42,47)9/h19,21-22,32-38,41-51,55,64,69-71,75-76H,18,20,23-31H2,1-17H3,(H,65,73)(H,66,72)/t32-,33-,34-,35+,36-,37-,38+,41?,42?,43+,44+,45-,46+,47-,48-,49+,50-,51-,55+,56+,57+,58-,59-,60-,61+,62+/m1/s1. The van der Waals surface area contributed by atoms with Crippen LogP contribution >= 0.6 is 0 Å². The van der Waals surface area contributed by atoms with Crippen LogP contribution < -0.4 is 16.0 Å². The van der Waals surface area contributed by atoms with E-state index < -0.39 is 142 Å². The Balaban J connectivity index is 1.10. The minimum Gasteiger partial charge on any atom is -0.459 e. The van der Waals surface area contributed by atoms with Gasteiger partial charge in [-0.1, -0.05) is 52.3 Å². The summed E-state index contributed by atoms with van der Waals surface area (Å²) in [6, 6.07) is -1.33. The lowest BCUT2D eigenvalue weighted by Gasteiger charge is -2.61. The van der Waals surface area contributed by atoms with Crippen LogP contribution in [0, 0.1) is 52.3 Å². The molecule has 5 fully saturated rings. The summed E-state index contributed by atoms with van der Waals surface area (Å²) in [5.74, 6) is -5.55. The molecule has 21 heteroatoms.